The molecular formula is C13H16N2. The SMILES string of the molecule is C.Nc1ccc(-c2ccc(N)cc2)cc1. The van der Waals surface area contributed by atoms with Gasteiger partial charge in [-0.25, -0.2) is 0 Å². The minimum absolute atomic E-state index is 0. The summed E-state index contributed by atoms with van der Waals surface area (Å²) in [5.41, 5.74) is 15.1. The van der Waals surface area contributed by atoms with Crippen molar-refractivity contribution in [3.63, 3.8) is 0 Å². The summed E-state index contributed by atoms with van der Waals surface area (Å²) in [5, 5.41) is 0. The Labute approximate surface area is 90.5 Å². The van der Waals surface area contributed by atoms with E-state index in [1.807, 2.05) is 48.5 Å². The van der Waals surface area contributed by atoms with Gasteiger partial charge in [0, 0.05) is 11.4 Å². The highest BCUT2D eigenvalue weighted by atomic mass is 14.5. The second kappa shape index (κ2) is 4.51. The van der Waals surface area contributed by atoms with E-state index in [0.29, 0.717) is 0 Å². The summed E-state index contributed by atoms with van der Waals surface area (Å²) in [4.78, 5) is 0. The van der Waals surface area contributed by atoms with E-state index in [1.165, 1.54) is 0 Å². The number of nitrogens with two attached hydrogens (primary N) is 2. The van der Waals surface area contributed by atoms with Gasteiger partial charge >= 0.3 is 0 Å². The fourth-order valence-electron chi connectivity index (χ4n) is 1.35. The summed E-state index contributed by atoms with van der Waals surface area (Å²) in [6.07, 6.45) is 0. The van der Waals surface area contributed by atoms with Crippen molar-refractivity contribution in [2.24, 2.45) is 0 Å². The Morgan fingerprint density at radius 1 is 0.533 bits per heavy atom. The van der Waals surface area contributed by atoms with Crippen LogP contribution in [0.15, 0.2) is 48.5 Å². The van der Waals surface area contributed by atoms with Crippen molar-refractivity contribution in [3.8, 4) is 11.1 Å². The Bertz CT molecular complexity index is 372. The van der Waals surface area contributed by atoms with Crippen molar-refractivity contribution < 1.29 is 0 Å². The van der Waals surface area contributed by atoms with E-state index in [9.17, 15) is 0 Å². The van der Waals surface area contributed by atoms with Crippen LogP contribution in [-0.4, -0.2) is 0 Å². The second-order valence-corrected chi connectivity index (χ2v) is 3.24. The fourth-order valence-corrected chi connectivity index (χ4v) is 1.35. The molecule has 0 bridgehead atoms. The molecule has 0 aromatic heterocycles. The van der Waals surface area contributed by atoms with E-state index in [2.05, 4.69) is 0 Å². The molecule has 78 valence electrons. The third-order valence-corrected chi connectivity index (χ3v) is 2.15. The molecule has 0 heterocycles. The van der Waals surface area contributed by atoms with E-state index in [0.717, 1.165) is 22.5 Å². The molecule has 0 aliphatic rings. The highest BCUT2D eigenvalue weighted by molar-refractivity contribution is 5.67. The summed E-state index contributed by atoms with van der Waals surface area (Å²) < 4.78 is 0. The molecule has 2 aromatic rings. The lowest BCUT2D eigenvalue weighted by atomic mass is 10.1. The van der Waals surface area contributed by atoms with Gasteiger partial charge in [0.1, 0.15) is 0 Å². The van der Waals surface area contributed by atoms with Crippen molar-refractivity contribution in [1.82, 2.24) is 0 Å². The summed E-state index contributed by atoms with van der Waals surface area (Å²) in [6, 6.07) is 15.6. The van der Waals surface area contributed by atoms with Crippen molar-refractivity contribution in [2.75, 3.05) is 11.5 Å². The number of anilines is 2. The van der Waals surface area contributed by atoms with Gasteiger partial charge in [0.15, 0.2) is 0 Å². The third-order valence-electron chi connectivity index (χ3n) is 2.15. The zero-order valence-corrected chi connectivity index (χ0v) is 7.77. The van der Waals surface area contributed by atoms with Crippen LogP contribution in [0, 0.1) is 0 Å². The topological polar surface area (TPSA) is 52.0 Å². The Hall–Kier alpha value is -1.96. The molecule has 0 saturated carbocycles. The smallest absolute Gasteiger partial charge is 0.0314 e. The minimum atomic E-state index is 0. The first kappa shape index (κ1) is 11.1. The number of hydrogen-bond acceptors (Lipinski definition) is 2. The summed E-state index contributed by atoms with van der Waals surface area (Å²) >= 11 is 0. The fraction of sp³-hybridized carbons (Fsp3) is 0.0769. The van der Waals surface area contributed by atoms with Crippen LogP contribution in [-0.2, 0) is 0 Å². The molecule has 0 unspecified atom stereocenters. The van der Waals surface area contributed by atoms with Crippen LogP contribution in [0.25, 0.3) is 11.1 Å². The normalized spacial score (nSPS) is 9.33. The first-order valence-electron chi connectivity index (χ1n) is 4.47. The van der Waals surface area contributed by atoms with Crippen LogP contribution in [0.2, 0.25) is 0 Å². The maximum atomic E-state index is 5.61. The van der Waals surface area contributed by atoms with Crippen LogP contribution in [0.5, 0.6) is 0 Å². The molecule has 0 amide bonds. The number of hydrogen-bond donors (Lipinski definition) is 2. The van der Waals surface area contributed by atoms with Gasteiger partial charge in [0.05, 0.1) is 0 Å². The van der Waals surface area contributed by atoms with Gasteiger partial charge in [0.2, 0.25) is 0 Å². The van der Waals surface area contributed by atoms with Gasteiger partial charge in [-0.2, -0.15) is 0 Å². The highest BCUT2D eigenvalue weighted by Crippen LogP contribution is 2.21. The van der Waals surface area contributed by atoms with Gasteiger partial charge < -0.3 is 11.5 Å². The van der Waals surface area contributed by atoms with Gasteiger partial charge in [-0.3, -0.25) is 0 Å². The standard InChI is InChI=1S/C12H12N2.CH4/c13-11-5-1-9(2-6-11)10-3-7-12(14)8-4-10;/h1-8H,13-14H2;1H4. The first-order chi connectivity index (χ1) is 6.75. The highest BCUT2D eigenvalue weighted by Gasteiger charge is 1.95. The van der Waals surface area contributed by atoms with Crippen molar-refractivity contribution in [1.29, 1.82) is 0 Å². The van der Waals surface area contributed by atoms with Crippen LogP contribution in [0.1, 0.15) is 7.43 Å². The number of nitrogen functional groups attached to an aromatic ring is 2. The van der Waals surface area contributed by atoms with Crippen LogP contribution in [0.3, 0.4) is 0 Å². The van der Waals surface area contributed by atoms with Crippen molar-refractivity contribution in [2.45, 2.75) is 7.43 Å². The first-order valence-corrected chi connectivity index (χ1v) is 4.47. The van der Waals surface area contributed by atoms with Gasteiger partial charge in [-0.15, -0.1) is 0 Å². The summed E-state index contributed by atoms with van der Waals surface area (Å²) in [6.45, 7) is 0. The predicted octanol–water partition coefficient (Wildman–Crippen LogP) is 3.15. The third kappa shape index (κ3) is 2.50. The average molecular weight is 200 g/mol. The van der Waals surface area contributed by atoms with Gasteiger partial charge in [-0.05, 0) is 35.4 Å². The zero-order chi connectivity index (χ0) is 9.97. The van der Waals surface area contributed by atoms with E-state index >= 15 is 0 Å². The molecule has 0 aliphatic heterocycles. The molecule has 2 nitrogen and oxygen atoms in total. The average Bonchev–Trinajstić information content (AvgIpc) is 2.21. The lowest BCUT2D eigenvalue weighted by Gasteiger charge is -2.02. The maximum Gasteiger partial charge on any atom is 0.0314 e. The summed E-state index contributed by atoms with van der Waals surface area (Å²) in [5.74, 6) is 0. The van der Waals surface area contributed by atoms with Crippen molar-refractivity contribution >= 4 is 11.4 Å². The van der Waals surface area contributed by atoms with Gasteiger partial charge in [-0.1, -0.05) is 31.7 Å². The van der Waals surface area contributed by atoms with Gasteiger partial charge in [0.25, 0.3) is 0 Å². The molecule has 0 fully saturated rings. The van der Waals surface area contributed by atoms with E-state index in [-0.39, 0.29) is 7.43 Å². The lowest BCUT2D eigenvalue weighted by molar-refractivity contribution is 1.61. The molecule has 2 rings (SSSR count). The summed E-state index contributed by atoms with van der Waals surface area (Å²) in [7, 11) is 0. The second-order valence-electron chi connectivity index (χ2n) is 3.24. The minimum Gasteiger partial charge on any atom is -0.399 e. The zero-order valence-electron chi connectivity index (χ0n) is 7.77. The van der Waals surface area contributed by atoms with E-state index in [1.54, 1.807) is 0 Å². The Morgan fingerprint density at radius 2 is 0.800 bits per heavy atom. The van der Waals surface area contributed by atoms with Crippen LogP contribution in [0.4, 0.5) is 11.4 Å². The van der Waals surface area contributed by atoms with E-state index in [4.69, 9.17) is 11.5 Å². The Balaban J connectivity index is 0.00000112. The molecule has 0 saturated heterocycles. The molecule has 15 heavy (non-hydrogen) atoms. The molecule has 2 aromatic carbocycles. The molecule has 0 atom stereocenters. The largest absolute Gasteiger partial charge is 0.399 e. The molecular weight excluding hydrogens is 184 g/mol. The van der Waals surface area contributed by atoms with Crippen LogP contribution < -0.4 is 11.5 Å². The molecule has 0 spiro atoms. The van der Waals surface area contributed by atoms with Crippen molar-refractivity contribution in [3.05, 3.63) is 48.5 Å². The quantitative estimate of drug-likeness (QED) is 0.695. The Kier molecular flexibility index (Phi) is 3.34. The molecule has 0 aliphatic carbocycles. The monoisotopic (exact) mass is 200 g/mol. The predicted molar refractivity (Wildman–Crippen MR) is 67.4 cm³/mol. The van der Waals surface area contributed by atoms with Crippen LogP contribution >= 0.6 is 0 Å². The Morgan fingerprint density at radius 3 is 1.07 bits per heavy atom. The maximum absolute atomic E-state index is 5.61. The number of benzene rings is 2. The lowest BCUT2D eigenvalue weighted by Crippen LogP contribution is -1.85. The molecule has 2 heteroatoms. The number of rotatable bonds is 1. The van der Waals surface area contributed by atoms with E-state index < -0.39 is 0 Å². The molecule has 0 radical (unpaired) electrons. The molecule has 4 N–H and O–H groups in total.